The molecule has 0 radical (unpaired) electrons. The second-order valence-electron chi connectivity index (χ2n) is 8.74. The third-order valence-electron chi connectivity index (χ3n) is 6.33. The van der Waals surface area contributed by atoms with Crippen molar-refractivity contribution in [2.45, 2.75) is 0 Å². The Kier molecular flexibility index (Phi) is 6.53. The predicted molar refractivity (Wildman–Crippen MR) is 145 cm³/mol. The summed E-state index contributed by atoms with van der Waals surface area (Å²) in [5, 5.41) is 4.65. The summed E-state index contributed by atoms with van der Waals surface area (Å²) in [5.41, 5.74) is 8.84. The van der Waals surface area contributed by atoms with Crippen molar-refractivity contribution < 1.29 is 9.59 Å². The molecule has 2 aromatic carbocycles. The second kappa shape index (κ2) is 9.92. The fourth-order valence-corrected chi connectivity index (χ4v) is 5.17. The summed E-state index contributed by atoms with van der Waals surface area (Å²) in [6.45, 7) is 3.92. The molecule has 1 aliphatic heterocycles. The summed E-state index contributed by atoms with van der Waals surface area (Å²) >= 11 is 1.19. The number of hydrogen-bond acceptors (Lipinski definition) is 8. The number of amides is 2. The van der Waals surface area contributed by atoms with Gasteiger partial charge in [0.15, 0.2) is 10.8 Å². The number of piperazine rings is 1. The fourth-order valence-electron chi connectivity index (χ4n) is 4.23. The van der Waals surface area contributed by atoms with Gasteiger partial charge in [-0.15, -0.1) is 0 Å². The van der Waals surface area contributed by atoms with E-state index in [9.17, 15) is 9.59 Å². The first kappa shape index (κ1) is 23.7. The quantitative estimate of drug-likeness (QED) is 0.416. The van der Waals surface area contributed by atoms with Crippen LogP contribution in [-0.4, -0.2) is 67.0 Å². The number of aromatic nitrogens is 2. The number of para-hydroxylation sites is 1. The van der Waals surface area contributed by atoms with Gasteiger partial charge in [-0.1, -0.05) is 29.5 Å². The minimum Gasteiger partial charge on any atom is -0.369 e. The topological polar surface area (TPSA) is 108 Å². The Labute approximate surface area is 213 Å². The summed E-state index contributed by atoms with van der Waals surface area (Å²) in [4.78, 5) is 40.5. The zero-order chi connectivity index (χ0) is 25.2. The minimum atomic E-state index is -0.706. The van der Waals surface area contributed by atoms with E-state index in [1.165, 1.54) is 11.3 Å². The van der Waals surface area contributed by atoms with Crippen LogP contribution in [0.3, 0.4) is 0 Å². The van der Waals surface area contributed by atoms with Crippen LogP contribution >= 0.6 is 11.3 Å². The van der Waals surface area contributed by atoms with E-state index >= 15 is 0 Å². The Morgan fingerprint density at radius 1 is 1.03 bits per heavy atom. The average molecular weight is 502 g/mol. The maximum atomic E-state index is 13.0. The van der Waals surface area contributed by atoms with Crippen LogP contribution in [0, 0.1) is 0 Å². The number of hydrogen-bond donors (Lipinski definition) is 2. The van der Waals surface area contributed by atoms with Crippen molar-refractivity contribution in [2.75, 3.05) is 55.4 Å². The van der Waals surface area contributed by atoms with Crippen molar-refractivity contribution in [3.63, 3.8) is 0 Å². The van der Waals surface area contributed by atoms with Crippen LogP contribution in [0.5, 0.6) is 0 Å². The highest BCUT2D eigenvalue weighted by atomic mass is 32.1. The number of nitrogens with one attached hydrogen (secondary N) is 1. The van der Waals surface area contributed by atoms with Gasteiger partial charge >= 0.3 is 0 Å². The third-order valence-corrected chi connectivity index (χ3v) is 7.38. The Bertz CT molecular complexity index is 1410. The molecule has 0 bridgehead atoms. The van der Waals surface area contributed by atoms with E-state index in [0.717, 1.165) is 48.5 Å². The van der Waals surface area contributed by atoms with E-state index in [1.54, 1.807) is 18.3 Å². The number of carbonyl (C=O) groups is 2. The molecule has 1 saturated heterocycles. The number of nitrogens with two attached hydrogens (primary N) is 1. The molecule has 2 amide bonds. The van der Waals surface area contributed by atoms with Crippen LogP contribution in [0.15, 0.2) is 60.8 Å². The van der Waals surface area contributed by atoms with E-state index in [-0.39, 0.29) is 11.6 Å². The Morgan fingerprint density at radius 2 is 1.75 bits per heavy atom. The monoisotopic (exact) mass is 501 g/mol. The van der Waals surface area contributed by atoms with Gasteiger partial charge in [0.2, 0.25) is 0 Å². The van der Waals surface area contributed by atoms with Crippen molar-refractivity contribution >= 4 is 55.6 Å². The summed E-state index contributed by atoms with van der Waals surface area (Å²) < 4.78 is 0. The lowest BCUT2D eigenvalue weighted by Gasteiger charge is -2.34. The molecule has 0 aliphatic carbocycles. The van der Waals surface area contributed by atoms with E-state index < -0.39 is 5.91 Å². The number of likely N-dealkylation sites (N-methyl/N-ethyl adjacent to an activating group) is 1. The Balaban J connectivity index is 1.37. The zero-order valence-electron chi connectivity index (χ0n) is 20.1. The molecule has 10 heteroatoms. The van der Waals surface area contributed by atoms with Gasteiger partial charge in [-0.2, -0.15) is 0 Å². The summed E-state index contributed by atoms with van der Waals surface area (Å²) in [6, 6.07) is 17.2. The normalized spacial score (nSPS) is 14.1. The van der Waals surface area contributed by atoms with Crippen LogP contribution < -0.4 is 20.9 Å². The molecule has 3 N–H and O–H groups in total. The van der Waals surface area contributed by atoms with Crippen LogP contribution in [0.2, 0.25) is 0 Å². The van der Waals surface area contributed by atoms with Crippen molar-refractivity contribution in [2.24, 2.45) is 5.73 Å². The number of benzene rings is 2. The number of carbonyl (C=O) groups excluding carboxylic acids is 2. The number of thiazole rings is 1. The predicted octanol–water partition coefficient (Wildman–Crippen LogP) is 3.56. The number of fused-ring (bicyclic) bond motifs is 1. The van der Waals surface area contributed by atoms with Gasteiger partial charge in [0.1, 0.15) is 5.00 Å². The molecule has 1 fully saturated rings. The molecular weight excluding hydrogens is 474 g/mol. The third kappa shape index (κ3) is 4.73. The van der Waals surface area contributed by atoms with Gasteiger partial charge < -0.3 is 25.8 Å². The van der Waals surface area contributed by atoms with Crippen LogP contribution in [0.1, 0.15) is 20.8 Å². The van der Waals surface area contributed by atoms with E-state index in [0.29, 0.717) is 15.7 Å². The molecule has 0 saturated carbocycles. The summed E-state index contributed by atoms with van der Waals surface area (Å²) in [7, 11) is 3.96. The molecule has 36 heavy (non-hydrogen) atoms. The average Bonchev–Trinajstić information content (AvgIpc) is 3.32. The molecule has 3 heterocycles. The second-order valence-corrected chi connectivity index (χ2v) is 9.72. The van der Waals surface area contributed by atoms with E-state index in [2.05, 4.69) is 32.1 Å². The molecule has 0 spiro atoms. The van der Waals surface area contributed by atoms with Crippen molar-refractivity contribution in [1.82, 2.24) is 14.9 Å². The van der Waals surface area contributed by atoms with Gasteiger partial charge in [0.05, 0.1) is 11.2 Å². The van der Waals surface area contributed by atoms with Crippen LogP contribution in [0.25, 0.3) is 10.9 Å². The first-order chi connectivity index (χ1) is 17.4. The highest BCUT2D eigenvalue weighted by molar-refractivity contribution is 7.20. The highest BCUT2D eigenvalue weighted by Gasteiger charge is 2.22. The molecule has 9 nitrogen and oxygen atoms in total. The maximum Gasteiger partial charge on any atom is 0.270 e. The minimum absolute atomic E-state index is 0.0254. The molecule has 4 aromatic rings. The Morgan fingerprint density at radius 3 is 2.47 bits per heavy atom. The van der Waals surface area contributed by atoms with Gasteiger partial charge in [0.25, 0.3) is 11.8 Å². The molecule has 184 valence electrons. The van der Waals surface area contributed by atoms with Crippen LogP contribution in [-0.2, 0) is 0 Å². The molecule has 0 atom stereocenters. The van der Waals surface area contributed by atoms with Gasteiger partial charge in [0, 0.05) is 56.1 Å². The van der Waals surface area contributed by atoms with Gasteiger partial charge in [-0.25, -0.2) is 4.98 Å². The molecular formula is C26H27N7O2S. The lowest BCUT2D eigenvalue weighted by molar-refractivity contribution is 0.0997. The number of anilines is 4. The lowest BCUT2D eigenvalue weighted by Crippen LogP contribution is -2.44. The van der Waals surface area contributed by atoms with Crippen LogP contribution in [0.4, 0.5) is 21.5 Å². The largest absolute Gasteiger partial charge is 0.369 e. The first-order valence-corrected chi connectivity index (χ1v) is 12.5. The van der Waals surface area contributed by atoms with Crippen molar-refractivity contribution in [1.29, 1.82) is 0 Å². The number of pyridine rings is 1. The van der Waals surface area contributed by atoms with Crippen molar-refractivity contribution in [3.05, 3.63) is 72.1 Å². The van der Waals surface area contributed by atoms with Crippen molar-refractivity contribution in [3.8, 4) is 0 Å². The smallest absolute Gasteiger partial charge is 0.270 e. The van der Waals surface area contributed by atoms with E-state index in [4.69, 9.17) is 5.73 Å². The molecule has 0 unspecified atom stereocenters. The highest BCUT2D eigenvalue weighted by Crippen LogP contribution is 2.36. The summed E-state index contributed by atoms with van der Waals surface area (Å²) in [5.74, 6) is -1.03. The molecule has 5 rings (SSSR count). The zero-order valence-corrected chi connectivity index (χ0v) is 21.0. The van der Waals surface area contributed by atoms with E-state index in [1.807, 2.05) is 54.4 Å². The van der Waals surface area contributed by atoms with Gasteiger partial charge in [-0.3, -0.25) is 14.6 Å². The Hall–Kier alpha value is -4.02. The fraction of sp³-hybridized carbons (Fsp3) is 0.231. The van der Waals surface area contributed by atoms with Gasteiger partial charge in [-0.05, 0) is 43.4 Å². The number of rotatable bonds is 6. The standard InChI is InChI=1S/C26H27N7O2S/c1-31-13-15-33(16-14-31)19-10-8-18(9-11-19)24(35)30-25-22(23(27)34)29-26(36-25)32(2)20-7-3-5-17-6-4-12-28-21(17)20/h3-12H,13-16H2,1-2H3,(H2,27,34)(H,30,35). The number of primary amides is 1. The SMILES string of the molecule is CN1CCN(c2ccc(C(=O)Nc3sc(N(C)c4cccc5cccnc45)nc3C(N)=O)cc2)CC1. The molecule has 2 aromatic heterocycles. The first-order valence-electron chi connectivity index (χ1n) is 11.6. The maximum absolute atomic E-state index is 13.0. The lowest BCUT2D eigenvalue weighted by atomic mass is 10.1. The number of nitrogens with zero attached hydrogens (tertiary/aromatic N) is 5. The molecule has 1 aliphatic rings. The summed E-state index contributed by atoms with van der Waals surface area (Å²) in [6.07, 6.45) is 1.73.